The zero-order chi connectivity index (χ0) is 15.4. The summed E-state index contributed by atoms with van der Waals surface area (Å²) in [4.78, 5) is 23.4. The lowest BCUT2D eigenvalue weighted by molar-refractivity contribution is -0.156. The quantitative estimate of drug-likeness (QED) is 0.483. The molecule has 0 atom stereocenters. The summed E-state index contributed by atoms with van der Waals surface area (Å²) >= 11 is 0. The van der Waals surface area contributed by atoms with Crippen LogP contribution in [0.5, 0.6) is 11.5 Å². The molecule has 108 valence electrons. The molecular formula is C17H16O4. The second-order valence-electron chi connectivity index (χ2n) is 4.86. The van der Waals surface area contributed by atoms with Gasteiger partial charge in [0.05, 0.1) is 0 Å². The predicted octanol–water partition coefficient (Wildman–Crippen LogP) is 3.12. The van der Waals surface area contributed by atoms with E-state index in [-0.39, 0.29) is 0 Å². The van der Waals surface area contributed by atoms with Crippen molar-refractivity contribution in [2.24, 2.45) is 0 Å². The Balaban J connectivity index is 2.02. The Morgan fingerprint density at radius 3 is 1.95 bits per heavy atom. The van der Waals surface area contributed by atoms with Crippen LogP contribution in [0.15, 0.2) is 42.5 Å². The van der Waals surface area contributed by atoms with Gasteiger partial charge in [0.25, 0.3) is 0 Å². The van der Waals surface area contributed by atoms with Crippen molar-refractivity contribution in [2.45, 2.75) is 20.8 Å². The van der Waals surface area contributed by atoms with Crippen LogP contribution in [0.2, 0.25) is 0 Å². The lowest BCUT2D eigenvalue weighted by Gasteiger charge is -2.08. The number of carbonyl (C=O) groups is 2. The highest BCUT2D eigenvalue weighted by Crippen LogP contribution is 2.19. The van der Waals surface area contributed by atoms with E-state index >= 15 is 0 Å². The van der Waals surface area contributed by atoms with Gasteiger partial charge >= 0.3 is 11.9 Å². The minimum atomic E-state index is -1.04. The number of hydrogen-bond acceptors (Lipinski definition) is 4. The van der Waals surface area contributed by atoms with Crippen LogP contribution in [0.4, 0.5) is 0 Å². The molecule has 0 heterocycles. The van der Waals surface area contributed by atoms with E-state index in [9.17, 15) is 9.59 Å². The highest BCUT2D eigenvalue weighted by molar-refractivity contribution is 6.31. The highest BCUT2D eigenvalue weighted by Gasteiger charge is 2.20. The summed E-state index contributed by atoms with van der Waals surface area (Å²) in [5.41, 5.74) is 2.87. The molecule has 2 aromatic rings. The van der Waals surface area contributed by atoms with Gasteiger partial charge in [0, 0.05) is 0 Å². The Morgan fingerprint density at radius 1 is 0.762 bits per heavy atom. The number of rotatable bonds is 2. The number of ether oxygens (including phenoxy) is 2. The third-order valence-electron chi connectivity index (χ3n) is 2.93. The van der Waals surface area contributed by atoms with E-state index < -0.39 is 11.9 Å². The maximum Gasteiger partial charge on any atom is 0.423 e. The topological polar surface area (TPSA) is 52.6 Å². The molecule has 0 unspecified atom stereocenters. The molecule has 0 aliphatic rings. The van der Waals surface area contributed by atoms with E-state index in [1.54, 1.807) is 43.3 Å². The third-order valence-corrected chi connectivity index (χ3v) is 2.93. The number of benzene rings is 2. The Kier molecular flexibility index (Phi) is 4.38. The van der Waals surface area contributed by atoms with E-state index in [0.29, 0.717) is 11.5 Å². The molecule has 2 aromatic carbocycles. The Hall–Kier alpha value is -2.62. The molecule has 4 heteroatoms. The fourth-order valence-electron chi connectivity index (χ4n) is 1.81. The van der Waals surface area contributed by atoms with Gasteiger partial charge in [0.1, 0.15) is 11.5 Å². The van der Waals surface area contributed by atoms with Crippen LogP contribution >= 0.6 is 0 Å². The van der Waals surface area contributed by atoms with Crippen molar-refractivity contribution in [3.05, 3.63) is 59.2 Å². The van der Waals surface area contributed by atoms with Crippen molar-refractivity contribution in [2.75, 3.05) is 0 Å². The van der Waals surface area contributed by atoms with Gasteiger partial charge in [-0.1, -0.05) is 35.4 Å². The van der Waals surface area contributed by atoms with Gasteiger partial charge in [-0.05, 0) is 44.5 Å². The Bertz CT molecular complexity index is 672. The van der Waals surface area contributed by atoms with Gasteiger partial charge in [0.15, 0.2) is 0 Å². The first-order chi connectivity index (χ1) is 9.95. The molecule has 2 rings (SSSR count). The van der Waals surface area contributed by atoms with Crippen LogP contribution in [0.3, 0.4) is 0 Å². The van der Waals surface area contributed by atoms with E-state index in [1.165, 1.54) is 0 Å². The summed E-state index contributed by atoms with van der Waals surface area (Å²) in [5.74, 6) is -1.42. The average molecular weight is 284 g/mol. The number of carbonyl (C=O) groups excluding carboxylic acids is 2. The monoisotopic (exact) mass is 284 g/mol. The van der Waals surface area contributed by atoms with Gasteiger partial charge in [0.2, 0.25) is 0 Å². The first kappa shape index (κ1) is 14.8. The van der Waals surface area contributed by atoms with Crippen LogP contribution in [0, 0.1) is 20.8 Å². The Labute approximate surface area is 123 Å². The van der Waals surface area contributed by atoms with Crippen molar-refractivity contribution in [1.29, 1.82) is 0 Å². The second-order valence-corrected chi connectivity index (χ2v) is 4.86. The van der Waals surface area contributed by atoms with E-state index in [2.05, 4.69) is 0 Å². The van der Waals surface area contributed by atoms with Crippen LogP contribution in [-0.4, -0.2) is 11.9 Å². The first-order valence-corrected chi connectivity index (χ1v) is 6.53. The van der Waals surface area contributed by atoms with Crippen molar-refractivity contribution >= 4 is 11.9 Å². The Morgan fingerprint density at radius 2 is 1.33 bits per heavy atom. The molecule has 0 fully saturated rings. The minimum Gasteiger partial charge on any atom is -0.418 e. The summed E-state index contributed by atoms with van der Waals surface area (Å²) in [6.45, 7) is 5.66. The number of esters is 2. The van der Waals surface area contributed by atoms with E-state index in [0.717, 1.165) is 16.7 Å². The van der Waals surface area contributed by atoms with E-state index in [4.69, 9.17) is 9.47 Å². The molecular weight excluding hydrogens is 268 g/mol. The maximum absolute atomic E-state index is 11.7. The second kappa shape index (κ2) is 6.22. The fourth-order valence-corrected chi connectivity index (χ4v) is 1.81. The fraction of sp³-hybridized carbons (Fsp3) is 0.176. The third kappa shape index (κ3) is 3.92. The molecule has 0 aliphatic heterocycles. The zero-order valence-corrected chi connectivity index (χ0v) is 12.2. The molecule has 0 N–H and O–H groups in total. The molecule has 0 amide bonds. The SMILES string of the molecule is Cc1ccc(OC(=O)C(=O)Oc2ccc(C)cc2C)cc1. The smallest absolute Gasteiger partial charge is 0.418 e. The highest BCUT2D eigenvalue weighted by atomic mass is 16.6. The van der Waals surface area contributed by atoms with Crippen molar-refractivity contribution in [1.82, 2.24) is 0 Å². The number of aryl methyl sites for hydroxylation is 3. The minimum absolute atomic E-state index is 0.308. The molecule has 0 spiro atoms. The summed E-state index contributed by atoms with van der Waals surface area (Å²) in [6.07, 6.45) is 0. The molecule has 0 saturated heterocycles. The van der Waals surface area contributed by atoms with Crippen LogP contribution in [-0.2, 0) is 9.59 Å². The summed E-state index contributed by atoms with van der Waals surface area (Å²) < 4.78 is 10.00. The van der Waals surface area contributed by atoms with Gasteiger partial charge in [-0.3, -0.25) is 0 Å². The maximum atomic E-state index is 11.7. The molecule has 0 bridgehead atoms. The normalized spacial score (nSPS) is 10.0. The van der Waals surface area contributed by atoms with Crippen molar-refractivity contribution in [3.8, 4) is 11.5 Å². The van der Waals surface area contributed by atoms with Crippen molar-refractivity contribution in [3.63, 3.8) is 0 Å². The van der Waals surface area contributed by atoms with Gasteiger partial charge < -0.3 is 9.47 Å². The zero-order valence-electron chi connectivity index (χ0n) is 12.2. The van der Waals surface area contributed by atoms with Crippen LogP contribution in [0.1, 0.15) is 16.7 Å². The van der Waals surface area contributed by atoms with Crippen molar-refractivity contribution < 1.29 is 19.1 Å². The lowest BCUT2D eigenvalue weighted by atomic mass is 10.1. The van der Waals surface area contributed by atoms with Crippen LogP contribution < -0.4 is 9.47 Å². The largest absolute Gasteiger partial charge is 0.423 e. The van der Waals surface area contributed by atoms with E-state index in [1.807, 2.05) is 19.9 Å². The lowest BCUT2D eigenvalue weighted by Crippen LogP contribution is -2.25. The summed E-state index contributed by atoms with van der Waals surface area (Å²) in [5, 5.41) is 0. The molecule has 0 saturated carbocycles. The molecule has 21 heavy (non-hydrogen) atoms. The standard InChI is InChI=1S/C17H16O4/c1-11-4-7-14(8-5-11)20-16(18)17(19)21-15-9-6-12(2)10-13(15)3/h4-10H,1-3H3. The van der Waals surface area contributed by atoms with Gasteiger partial charge in [-0.15, -0.1) is 0 Å². The van der Waals surface area contributed by atoms with Crippen LogP contribution in [0.25, 0.3) is 0 Å². The average Bonchev–Trinajstić information content (AvgIpc) is 2.44. The summed E-state index contributed by atoms with van der Waals surface area (Å²) in [6, 6.07) is 12.2. The van der Waals surface area contributed by atoms with Gasteiger partial charge in [-0.2, -0.15) is 0 Å². The predicted molar refractivity (Wildman–Crippen MR) is 78.4 cm³/mol. The number of hydrogen-bond donors (Lipinski definition) is 0. The first-order valence-electron chi connectivity index (χ1n) is 6.53. The molecule has 0 radical (unpaired) electrons. The molecule has 4 nitrogen and oxygen atoms in total. The molecule has 0 aromatic heterocycles. The molecule has 0 aliphatic carbocycles. The summed E-state index contributed by atoms with van der Waals surface area (Å²) in [7, 11) is 0. The van der Waals surface area contributed by atoms with Gasteiger partial charge in [-0.25, -0.2) is 9.59 Å².